The Morgan fingerprint density at radius 2 is 1.66 bits per heavy atom. The van der Waals surface area contributed by atoms with Crippen LogP contribution in [0.15, 0.2) is 78.4 Å². The van der Waals surface area contributed by atoms with Gasteiger partial charge in [-0.2, -0.15) is 0 Å². The molecule has 1 heterocycles. The largest absolute Gasteiger partial charge is 0.490 e. The molecule has 1 aliphatic heterocycles. The Labute approximate surface area is 207 Å². The number of nitrogens with zero attached hydrogens (tertiary/aromatic N) is 1. The maximum absolute atomic E-state index is 13.0. The lowest BCUT2D eigenvalue weighted by Crippen LogP contribution is -2.53. The summed E-state index contributed by atoms with van der Waals surface area (Å²) in [7, 11) is 0. The summed E-state index contributed by atoms with van der Waals surface area (Å²) in [5, 5.41) is 2.84. The summed E-state index contributed by atoms with van der Waals surface area (Å²) in [5.41, 5.74) is 2.00. The van der Waals surface area contributed by atoms with Gasteiger partial charge in [-0.15, -0.1) is 0 Å². The van der Waals surface area contributed by atoms with E-state index < -0.39 is 17.8 Å². The second-order valence-corrected chi connectivity index (χ2v) is 8.12. The van der Waals surface area contributed by atoms with Gasteiger partial charge >= 0.3 is 6.03 Å². The summed E-state index contributed by atoms with van der Waals surface area (Å²) in [4.78, 5) is 38.8. The van der Waals surface area contributed by atoms with E-state index in [4.69, 9.17) is 21.1 Å². The Morgan fingerprint density at radius 1 is 0.914 bits per heavy atom. The standard InChI is InChI=1S/C27H23ClN2O5/c1-2-34-24-15-19(12-13-23(24)35-17-20-10-6-7-11-22(20)28)14-21-25(31)29-27(33)30(26(21)32)16-18-8-4-3-5-9-18/h3-15H,2,16-17H2,1H3,(H,29,31,33). The number of ether oxygens (including phenoxy) is 2. The van der Waals surface area contributed by atoms with Crippen LogP contribution in [0.4, 0.5) is 4.79 Å². The molecule has 35 heavy (non-hydrogen) atoms. The lowest BCUT2D eigenvalue weighted by atomic mass is 10.1. The number of hydrogen-bond acceptors (Lipinski definition) is 5. The molecule has 0 spiro atoms. The number of carbonyl (C=O) groups excluding carboxylic acids is 3. The quantitative estimate of drug-likeness (QED) is 0.355. The van der Waals surface area contributed by atoms with E-state index in [0.717, 1.165) is 16.0 Å². The fraction of sp³-hybridized carbons (Fsp3) is 0.148. The van der Waals surface area contributed by atoms with Gasteiger partial charge in [0.15, 0.2) is 11.5 Å². The van der Waals surface area contributed by atoms with E-state index in [1.807, 2.05) is 43.3 Å². The molecule has 7 nitrogen and oxygen atoms in total. The topological polar surface area (TPSA) is 84.9 Å². The molecule has 1 N–H and O–H groups in total. The molecular weight excluding hydrogens is 468 g/mol. The first-order valence-electron chi connectivity index (χ1n) is 11.0. The van der Waals surface area contributed by atoms with Crippen LogP contribution in [-0.2, 0) is 22.7 Å². The van der Waals surface area contributed by atoms with Crippen molar-refractivity contribution in [2.45, 2.75) is 20.1 Å². The number of benzene rings is 3. The second-order valence-electron chi connectivity index (χ2n) is 7.71. The Bertz CT molecular complexity index is 1290. The number of nitrogens with one attached hydrogen (secondary N) is 1. The van der Waals surface area contributed by atoms with Crippen LogP contribution < -0.4 is 14.8 Å². The monoisotopic (exact) mass is 490 g/mol. The van der Waals surface area contributed by atoms with Crippen LogP contribution in [0.5, 0.6) is 11.5 Å². The summed E-state index contributed by atoms with van der Waals surface area (Å²) >= 11 is 6.21. The summed E-state index contributed by atoms with van der Waals surface area (Å²) < 4.78 is 11.6. The van der Waals surface area contributed by atoms with Crippen LogP contribution in [-0.4, -0.2) is 29.4 Å². The van der Waals surface area contributed by atoms with Gasteiger partial charge < -0.3 is 9.47 Å². The zero-order valence-electron chi connectivity index (χ0n) is 19.0. The van der Waals surface area contributed by atoms with Gasteiger partial charge in [-0.3, -0.25) is 19.8 Å². The number of halogens is 1. The first-order valence-corrected chi connectivity index (χ1v) is 11.4. The summed E-state index contributed by atoms with van der Waals surface area (Å²) in [6, 6.07) is 20.8. The van der Waals surface area contributed by atoms with Gasteiger partial charge in [0.25, 0.3) is 11.8 Å². The Morgan fingerprint density at radius 3 is 2.40 bits per heavy atom. The van der Waals surface area contributed by atoms with Gasteiger partial charge in [-0.25, -0.2) is 4.79 Å². The van der Waals surface area contributed by atoms with Crippen molar-refractivity contribution in [3.8, 4) is 11.5 Å². The van der Waals surface area contributed by atoms with Crippen molar-refractivity contribution in [3.05, 3.63) is 100 Å². The van der Waals surface area contributed by atoms with E-state index in [1.54, 1.807) is 36.4 Å². The molecule has 0 saturated carbocycles. The van der Waals surface area contributed by atoms with Crippen LogP contribution in [0.25, 0.3) is 6.08 Å². The SMILES string of the molecule is CCOc1cc(C=C2C(=O)NC(=O)N(Cc3ccccc3)C2=O)ccc1OCc1ccccc1Cl. The van der Waals surface area contributed by atoms with Crippen LogP contribution in [0.3, 0.4) is 0 Å². The first kappa shape index (κ1) is 24.0. The van der Waals surface area contributed by atoms with Gasteiger partial charge in [-0.05, 0) is 42.3 Å². The highest BCUT2D eigenvalue weighted by Gasteiger charge is 2.35. The van der Waals surface area contributed by atoms with Crippen molar-refractivity contribution in [2.24, 2.45) is 0 Å². The maximum Gasteiger partial charge on any atom is 0.331 e. The Kier molecular flexibility index (Phi) is 7.48. The molecule has 0 radical (unpaired) electrons. The van der Waals surface area contributed by atoms with Crippen molar-refractivity contribution in [2.75, 3.05) is 6.61 Å². The number of urea groups is 1. The summed E-state index contributed by atoms with van der Waals surface area (Å²) in [6.45, 7) is 2.53. The average molecular weight is 491 g/mol. The third-order valence-corrected chi connectivity index (χ3v) is 5.66. The molecular formula is C27H23ClN2O5. The van der Waals surface area contributed by atoms with E-state index in [1.165, 1.54) is 6.08 Å². The zero-order chi connectivity index (χ0) is 24.8. The first-order chi connectivity index (χ1) is 17.0. The highest BCUT2D eigenvalue weighted by atomic mass is 35.5. The van der Waals surface area contributed by atoms with Crippen LogP contribution in [0.2, 0.25) is 5.02 Å². The van der Waals surface area contributed by atoms with Crippen molar-refractivity contribution in [3.63, 3.8) is 0 Å². The molecule has 1 aliphatic rings. The molecule has 0 atom stereocenters. The van der Waals surface area contributed by atoms with Crippen molar-refractivity contribution in [1.82, 2.24) is 10.2 Å². The maximum atomic E-state index is 13.0. The molecule has 0 aromatic heterocycles. The normalized spacial score (nSPS) is 14.7. The minimum atomic E-state index is -0.751. The fourth-order valence-corrected chi connectivity index (χ4v) is 3.73. The number of rotatable bonds is 8. The Hall–Kier alpha value is -4.10. The summed E-state index contributed by atoms with van der Waals surface area (Å²) in [5.74, 6) is -0.468. The molecule has 0 aliphatic carbocycles. The predicted octanol–water partition coefficient (Wildman–Crippen LogP) is 4.98. The molecule has 1 fully saturated rings. The third kappa shape index (κ3) is 5.70. The zero-order valence-corrected chi connectivity index (χ0v) is 19.7. The molecule has 3 aromatic carbocycles. The highest BCUT2D eigenvalue weighted by Crippen LogP contribution is 2.31. The number of amides is 4. The number of hydrogen-bond donors (Lipinski definition) is 1. The number of barbiturate groups is 1. The van der Waals surface area contributed by atoms with E-state index in [0.29, 0.717) is 28.7 Å². The minimum absolute atomic E-state index is 0.0507. The number of imide groups is 2. The second kappa shape index (κ2) is 10.9. The van der Waals surface area contributed by atoms with Gasteiger partial charge in [-0.1, -0.05) is 66.2 Å². The van der Waals surface area contributed by atoms with E-state index in [9.17, 15) is 14.4 Å². The van der Waals surface area contributed by atoms with E-state index >= 15 is 0 Å². The van der Waals surface area contributed by atoms with Crippen molar-refractivity contribution >= 4 is 35.5 Å². The lowest BCUT2D eigenvalue weighted by Gasteiger charge is -2.26. The Balaban J connectivity index is 1.57. The fourth-order valence-electron chi connectivity index (χ4n) is 3.54. The van der Waals surface area contributed by atoms with Crippen LogP contribution in [0.1, 0.15) is 23.6 Å². The summed E-state index contributed by atoms with van der Waals surface area (Å²) in [6.07, 6.45) is 1.43. The molecule has 4 rings (SSSR count). The molecule has 178 valence electrons. The van der Waals surface area contributed by atoms with Gasteiger partial charge in [0, 0.05) is 10.6 Å². The van der Waals surface area contributed by atoms with Crippen LogP contribution >= 0.6 is 11.6 Å². The highest BCUT2D eigenvalue weighted by molar-refractivity contribution is 6.31. The van der Waals surface area contributed by atoms with Crippen molar-refractivity contribution in [1.29, 1.82) is 0 Å². The number of carbonyl (C=O) groups is 3. The van der Waals surface area contributed by atoms with Crippen LogP contribution in [0, 0.1) is 0 Å². The third-order valence-electron chi connectivity index (χ3n) is 5.29. The van der Waals surface area contributed by atoms with E-state index in [-0.39, 0.29) is 18.7 Å². The molecule has 0 unspecified atom stereocenters. The lowest BCUT2D eigenvalue weighted by molar-refractivity contribution is -0.130. The van der Waals surface area contributed by atoms with Gasteiger partial charge in [0.05, 0.1) is 13.2 Å². The van der Waals surface area contributed by atoms with E-state index in [2.05, 4.69) is 5.32 Å². The molecule has 4 amide bonds. The van der Waals surface area contributed by atoms with Crippen molar-refractivity contribution < 1.29 is 23.9 Å². The van der Waals surface area contributed by atoms with Gasteiger partial charge in [0.1, 0.15) is 12.2 Å². The minimum Gasteiger partial charge on any atom is -0.490 e. The molecule has 1 saturated heterocycles. The van der Waals surface area contributed by atoms with Gasteiger partial charge in [0.2, 0.25) is 0 Å². The average Bonchev–Trinajstić information content (AvgIpc) is 2.85. The molecule has 3 aromatic rings. The predicted molar refractivity (Wildman–Crippen MR) is 132 cm³/mol. The smallest absolute Gasteiger partial charge is 0.331 e. The molecule has 8 heteroatoms. The molecule has 0 bridgehead atoms.